The summed E-state index contributed by atoms with van der Waals surface area (Å²) in [4.78, 5) is 14.2. The molecule has 1 amide bonds. The van der Waals surface area contributed by atoms with Crippen LogP contribution in [-0.4, -0.2) is 41.8 Å². The Kier molecular flexibility index (Phi) is 9.11. The summed E-state index contributed by atoms with van der Waals surface area (Å²) in [6, 6.07) is 0.768. The summed E-state index contributed by atoms with van der Waals surface area (Å²) >= 11 is 0. The van der Waals surface area contributed by atoms with Gasteiger partial charge < -0.3 is 15.0 Å². The number of nitrogens with zero attached hydrogens (tertiary/aromatic N) is 1. The number of ether oxygens (including phenoxy) is 1. The number of hydrogen-bond acceptors (Lipinski definition) is 3. The normalized spacial score (nSPS) is 22.3. The Balaban J connectivity index is 2.38. The molecule has 0 spiro atoms. The van der Waals surface area contributed by atoms with Crippen molar-refractivity contribution in [3.8, 4) is 0 Å². The summed E-state index contributed by atoms with van der Waals surface area (Å²) in [5, 5.41) is 3.68. The van der Waals surface area contributed by atoms with Gasteiger partial charge in [0.05, 0.1) is 0 Å². The number of rotatable bonds is 7. The van der Waals surface area contributed by atoms with Gasteiger partial charge in [0.1, 0.15) is 5.60 Å². The van der Waals surface area contributed by atoms with E-state index in [-0.39, 0.29) is 12.1 Å². The van der Waals surface area contributed by atoms with Crippen LogP contribution in [0.5, 0.6) is 0 Å². The summed E-state index contributed by atoms with van der Waals surface area (Å²) in [6.45, 7) is 13.7. The number of carbonyl (C=O) groups excluding carboxylic acids is 1. The van der Waals surface area contributed by atoms with Crippen LogP contribution in [-0.2, 0) is 4.74 Å². The zero-order chi connectivity index (χ0) is 18.2. The van der Waals surface area contributed by atoms with Gasteiger partial charge in [-0.15, -0.1) is 0 Å². The Bertz CT molecular complexity index is 363. The molecule has 4 nitrogen and oxygen atoms in total. The second-order valence-electron chi connectivity index (χ2n) is 8.58. The van der Waals surface area contributed by atoms with E-state index in [2.05, 4.69) is 12.2 Å². The lowest BCUT2D eigenvalue weighted by Crippen LogP contribution is -2.45. The molecule has 24 heavy (non-hydrogen) atoms. The Hall–Kier alpha value is -0.770. The molecule has 1 N–H and O–H groups in total. The molecular weight excluding hydrogens is 300 g/mol. The third-order valence-electron chi connectivity index (χ3n) is 4.82. The van der Waals surface area contributed by atoms with Crippen molar-refractivity contribution in [3.05, 3.63) is 0 Å². The van der Waals surface area contributed by atoms with E-state index in [0.717, 1.165) is 12.5 Å². The van der Waals surface area contributed by atoms with Gasteiger partial charge in [0, 0.05) is 25.2 Å². The Labute approximate surface area is 149 Å². The fourth-order valence-corrected chi connectivity index (χ4v) is 3.55. The lowest BCUT2D eigenvalue weighted by Gasteiger charge is -2.30. The summed E-state index contributed by atoms with van der Waals surface area (Å²) in [7, 11) is 0. The van der Waals surface area contributed by atoms with Gasteiger partial charge in [-0.05, 0) is 59.8 Å². The molecule has 0 aliphatic heterocycles. The highest BCUT2D eigenvalue weighted by Gasteiger charge is 2.24. The van der Waals surface area contributed by atoms with E-state index in [1.807, 2.05) is 39.5 Å². The van der Waals surface area contributed by atoms with Gasteiger partial charge in [0.2, 0.25) is 0 Å². The van der Waals surface area contributed by atoms with Gasteiger partial charge in [-0.1, -0.05) is 32.6 Å². The SMILES string of the molecule is CCCC1CCCC(NCCN(C(=O)OC(C)(C)C)C(C)C)CC1. The molecule has 0 bridgehead atoms. The van der Waals surface area contributed by atoms with E-state index < -0.39 is 5.60 Å². The van der Waals surface area contributed by atoms with E-state index in [9.17, 15) is 4.79 Å². The minimum absolute atomic E-state index is 0.157. The minimum atomic E-state index is -0.437. The quantitative estimate of drug-likeness (QED) is 0.665. The zero-order valence-corrected chi connectivity index (χ0v) is 16.9. The predicted octanol–water partition coefficient (Wildman–Crippen LogP) is 4.97. The molecule has 1 aliphatic rings. The maximum absolute atomic E-state index is 12.3. The second kappa shape index (κ2) is 10.3. The number of hydrogen-bond donors (Lipinski definition) is 1. The first-order chi connectivity index (χ1) is 11.2. The standard InChI is InChI=1S/C20H40N2O2/c1-7-9-17-10-8-11-18(13-12-17)21-14-15-22(16(2)3)19(23)24-20(4,5)6/h16-18,21H,7-15H2,1-6H3. The first-order valence-electron chi connectivity index (χ1n) is 9.96. The average molecular weight is 341 g/mol. The van der Waals surface area contributed by atoms with Crippen LogP contribution in [0.3, 0.4) is 0 Å². The van der Waals surface area contributed by atoms with Crippen LogP contribution in [0.1, 0.15) is 86.5 Å². The first-order valence-corrected chi connectivity index (χ1v) is 9.96. The van der Waals surface area contributed by atoms with Crippen LogP contribution in [0.25, 0.3) is 0 Å². The Morgan fingerprint density at radius 2 is 1.92 bits per heavy atom. The molecule has 142 valence electrons. The highest BCUT2D eigenvalue weighted by molar-refractivity contribution is 5.68. The van der Waals surface area contributed by atoms with E-state index in [0.29, 0.717) is 12.6 Å². The van der Waals surface area contributed by atoms with Crippen LogP contribution >= 0.6 is 0 Å². The van der Waals surface area contributed by atoms with Gasteiger partial charge in [0.15, 0.2) is 0 Å². The molecule has 4 heteroatoms. The van der Waals surface area contributed by atoms with E-state index >= 15 is 0 Å². The monoisotopic (exact) mass is 340 g/mol. The van der Waals surface area contributed by atoms with Crippen molar-refractivity contribution in [1.29, 1.82) is 0 Å². The van der Waals surface area contributed by atoms with Crippen molar-refractivity contribution in [2.24, 2.45) is 5.92 Å². The van der Waals surface area contributed by atoms with Crippen molar-refractivity contribution < 1.29 is 9.53 Å². The maximum Gasteiger partial charge on any atom is 0.410 e. The summed E-state index contributed by atoms with van der Waals surface area (Å²) in [5.41, 5.74) is -0.437. The topological polar surface area (TPSA) is 41.6 Å². The maximum atomic E-state index is 12.3. The van der Waals surface area contributed by atoms with E-state index in [1.54, 1.807) is 0 Å². The van der Waals surface area contributed by atoms with Crippen molar-refractivity contribution in [3.63, 3.8) is 0 Å². The fraction of sp³-hybridized carbons (Fsp3) is 0.950. The zero-order valence-electron chi connectivity index (χ0n) is 16.9. The Morgan fingerprint density at radius 1 is 1.21 bits per heavy atom. The fourth-order valence-electron chi connectivity index (χ4n) is 3.55. The molecule has 0 heterocycles. The molecule has 0 radical (unpaired) electrons. The van der Waals surface area contributed by atoms with Crippen molar-refractivity contribution >= 4 is 6.09 Å². The van der Waals surface area contributed by atoms with Gasteiger partial charge >= 0.3 is 6.09 Å². The minimum Gasteiger partial charge on any atom is -0.444 e. The molecule has 0 aromatic heterocycles. The van der Waals surface area contributed by atoms with Crippen LogP contribution in [0.15, 0.2) is 0 Å². The number of amides is 1. The molecule has 0 aromatic rings. The smallest absolute Gasteiger partial charge is 0.410 e. The van der Waals surface area contributed by atoms with E-state index in [4.69, 9.17) is 4.74 Å². The summed E-state index contributed by atoms with van der Waals surface area (Å²) in [5.74, 6) is 0.927. The molecule has 2 atom stereocenters. The summed E-state index contributed by atoms with van der Waals surface area (Å²) < 4.78 is 5.52. The lowest BCUT2D eigenvalue weighted by molar-refractivity contribution is 0.0192. The van der Waals surface area contributed by atoms with Crippen molar-refractivity contribution in [2.45, 2.75) is 104 Å². The van der Waals surface area contributed by atoms with Gasteiger partial charge in [-0.25, -0.2) is 4.79 Å². The largest absolute Gasteiger partial charge is 0.444 e. The van der Waals surface area contributed by atoms with Crippen molar-refractivity contribution in [1.82, 2.24) is 10.2 Å². The number of nitrogens with one attached hydrogen (secondary N) is 1. The van der Waals surface area contributed by atoms with Gasteiger partial charge in [-0.3, -0.25) is 0 Å². The molecule has 1 fully saturated rings. The summed E-state index contributed by atoms with van der Waals surface area (Å²) in [6.07, 6.45) is 9.11. The predicted molar refractivity (Wildman–Crippen MR) is 101 cm³/mol. The van der Waals surface area contributed by atoms with Crippen LogP contribution in [0.2, 0.25) is 0 Å². The Morgan fingerprint density at radius 3 is 2.50 bits per heavy atom. The third-order valence-corrected chi connectivity index (χ3v) is 4.82. The highest BCUT2D eigenvalue weighted by atomic mass is 16.6. The molecule has 2 unspecified atom stereocenters. The van der Waals surface area contributed by atoms with Gasteiger partial charge in [0.25, 0.3) is 0 Å². The van der Waals surface area contributed by atoms with Gasteiger partial charge in [-0.2, -0.15) is 0 Å². The molecular formula is C20H40N2O2. The third kappa shape index (κ3) is 8.36. The van der Waals surface area contributed by atoms with Crippen molar-refractivity contribution in [2.75, 3.05) is 13.1 Å². The molecule has 1 aliphatic carbocycles. The first kappa shape index (κ1) is 21.3. The molecule has 1 saturated carbocycles. The second-order valence-corrected chi connectivity index (χ2v) is 8.58. The van der Waals surface area contributed by atoms with Crippen LogP contribution in [0.4, 0.5) is 4.79 Å². The molecule has 1 rings (SSSR count). The number of carbonyl (C=O) groups is 1. The molecule has 0 aromatic carbocycles. The van der Waals surface area contributed by atoms with Crippen LogP contribution in [0, 0.1) is 5.92 Å². The highest BCUT2D eigenvalue weighted by Crippen LogP contribution is 2.26. The van der Waals surface area contributed by atoms with Crippen LogP contribution < -0.4 is 5.32 Å². The lowest BCUT2D eigenvalue weighted by atomic mass is 9.95. The van der Waals surface area contributed by atoms with E-state index in [1.165, 1.54) is 44.9 Å². The average Bonchev–Trinajstić information content (AvgIpc) is 2.67. The molecule has 0 saturated heterocycles.